The van der Waals surface area contributed by atoms with Gasteiger partial charge in [-0.05, 0) is 58.9 Å². The highest BCUT2D eigenvalue weighted by Gasteiger charge is 2.36. The SMILES string of the molecule is CC1CN(C(=O)OC(C)(C)C)CC(C)N1C(=O)c1ccc(F)cc1. The summed E-state index contributed by atoms with van der Waals surface area (Å²) in [6.45, 7) is 10.1. The average molecular weight is 336 g/mol. The molecule has 1 fully saturated rings. The zero-order valence-corrected chi connectivity index (χ0v) is 14.9. The topological polar surface area (TPSA) is 49.9 Å². The highest BCUT2D eigenvalue weighted by atomic mass is 19.1. The molecule has 0 bridgehead atoms. The number of hydrogen-bond acceptors (Lipinski definition) is 3. The van der Waals surface area contributed by atoms with E-state index in [0.29, 0.717) is 18.7 Å². The van der Waals surface area contributed by atoms with Gasteiger partial charge in [-0.2, -0.15) is 0 Å². The van der Waals surface area contributed by atoms with Crippen molar-refractivity contribution in [3.63, 3.8) is 0 Å². The number of piperazine rings is 1. The molecule has 0 aromatic heterocycles. The van der Waals surface area contributed by atoms with Gasteiger partial charge in [-0.3, -0.25) is 4.79 Å². The van der Waals surface area contributed by atoms with Crippen molar-refractivity contribution >= 4 is 12.0 Å². The number of amides is 2. The number of carbonyl (C=O) groups excluding carboxylic acids is 2. The molecule has 24 heavy (non-hydrogen) atoms. The maximum absolute atomic E-state index is 13.0. The van der Waals surface area contributed by atoms with Crippen molar-refractivity contribution in [1.29, 1.82) is 0 Å². The molecule has 0 spiro atoms. The minimum atomic E-state index is -0.551. The molecule has 1 aliphatic heterocycles. The van der Waals surface area contributed by atoms with Gasteiger partial charge in [0, 0.05) is 30.7 Å². The van der Waals surface area contributed by atoms with Crippen molar-refractivity contribution in [2.45, 2.75) is 52.3 Å². The lowest BCUT2D eigenvalue weighted by Gasteiger charge is -2.44. The molecule has 0 N–H and O–H groups in total. The molecule has 1 heterocycles. The van der Waals surface area contributed by atoms with Crippen LogP contribution in [0.4, 0.5) is 9.18 Å². The summed E-state index contributed by atoms with van der Waals surface area (Å²) in [5.41, 5.74) is -0.106. The molecule has 2 rings (SSSR count). The Kier molecular flexibility index (Phi) is 5.16. The van der Waals surface area contributed by atoms with Crippen LogP contribution in [0.2, 0.25) is 0 Å². The smallest absolute Gasteiger partial charge is 0.410 e. The van der Waals surface area contributed by atoms with E-state index < -0.39 is 5.60 Å². The van der Waals surface area contributed by atoms with Crippen LogP contribution in [0.1, 0.15) is 45.0 Å². The van der Waals surface area contributed by atoms with Crippen LogP contribution in [0, 0.1) is 5.82 Å². The molecule has 132 valence electrons. The summed E-state index contributed by atoms with van der Waals surface area (Å²) in [5.74, 6) is -0.527. The second-order valence-electron chi connectivity index (χ2n) is 7.30. The van der Waals surface area contributed by atoms with Gasteiger partial charge in [-0.25, -0.2) is 9.18 Å². The zero-order valence-electron chi connectivity index (χ0n) is 14.9. The lowest BCUT2D eigenvalue weighted by Crippen LogP contribution is -2.60. The minimum Gasteiger partial charge on any atom is -0.444 e. The molecule has 2 atom stereocenters. The van der Waals surface area contributed by atoms with E-state index in [-0.39, 0.29) is 29.9 Å². The first-order valence-electron chi connectivity index (χ1n) is 8.14. The maximum atomic E-state index is 13.0. The fraction of sp³-hybridized carbons (Fsp3) is 0.556. The first-order chi connectivity index (χ1) is 11.1. The molecule has 1 aliphatic rings. The third kappa shape index (κ3) is 4.24. The fourth-order valence-corrected chi connectivity index (χ4v) is 2.94. The Morgan fingerprint density at radius 3 is 2.04 bits per heavy atom. The summed E-state index contributed by atoms with van der Waals surface area (Å²) in [5, 5.41) is 0. The van der Waals surface area contributed by atoms with Gasteiger partial charge in [-0.15, -0.1) is 0 Å². The normalized spacial score (nSPS) is 21.6. The Morgan fingerprint density at radius 2 is 1.58 bits per heavy atom. The second kappa shape index (κ2) is 6.79. The number of ether oxygens (including phenoxy) is 1. The highest BCUT2D eigenvalue weighted by Crippen LogP contribution is 2.21. The molecule has 1 saturated heterocycles. The van der Waals surface area contributed by atoms with Crippen LogP contribution in [-0.4, -0.2) is 52.6 Å². The number of halogens is 1. The first-order valence-corrected chi connectivity index (χ1v) is 8.14. The Bertz CT molecular complexity index is 598. The monoisotopic (exact) mass is 336 g/mol. The Labute approximate surface area is 142 Å². The Hall–Kier alpha value is -2.11. The lowest BCUT2D eigenvalue weighted by molar-refractivity contribution is -0.00488. The Balaban J connectivity index is 2.09. The van der Waals surface area contributed by atoms with Crippen molar-refractivity contribution in [2.75, 3.05) is 13.1 Å². The van der Waals surface area contributed by atoms with Crippen molar-refractivity contribution in [3.8, 4) is 0 Å². The molecule has 0 radical (unpaired) electrons. The van der Waals surface area contributed by atoms with Gasteiger partial charge in [0.2, 0.25) is 0 Å². The van der Waals surface area contributed by atoms with Crippen LogP contribution in [-0.2, 0) is 4.74 Å². The van der Waals surface area contributed by atoms with Crippen molar-refractivity contribution in [2.24, 2.45) is 0 Å². The van der Waals surface area contributed by atoms with Gasteiger partial charge in [0.15, 0.2) is 0 Å². The second-order valence-corrected chi connectivity index (χ2v) is 7.30. The Morgan fingerprint density at radius 1 is 1.08 bits per heavy atom. The number of carbonyl (C=O) groups is 2. The third-order valence-corrected chi connectivity index (χ3v) is 3.90. The van der Waals surface area contributed by atoms with E-state index in [1.165, 1.54) is 24.3 Å². The summed E-state index contributed by atoms with van der Waals surface area (Å²) < 4.78 is 18.4. The van der Waals surface area contributed by atoms with Crippen LogP contribution in [0.15, 0.2) is 24.3 Å². The predicted octanol–water partition coefficient (Wildman–Crippen LogP) is 3.30. The van der Waals surface area contributed by atoms with Gasteiger partial charge in [0.1, 0.15) is 11.4 Å². The molecule has 2 unspecified atom stereocenters. The van der Waals surface area contributed by atoms with E-state index in [1.54, 1.807) is 9.80 Å². The number of benzene rings is 1. The van der Waals surface area contributed by atoms with Gasteiger partial charge >= 0.3 is 6.09 Å². The molecule has 0 saturated carbocycles. The van der Waals surface area contributed by atoms with E-state index in [0.717, 1.165) is 0 Å². The van der Waals surface area contributed by atoms with Gasteiger partial charge in [0.05, 0.1) is 0 Å². The number of hydrogen-bond donors (Lipinski definition) is 0. The molecular weight excluding hydrogens is 311 g/mol. The predicted molar refractivity (Wildman–Crippen MR) is 89.3 cm³/mol. The number of nitrogens with zero attached hydrogens (tertiary/aromatic N) is 2. The fourth-order valence-electron chi connectivity index (χ4n) is 2.94. The van der Waals surface area contributed by atoms with E-state index in [2.05, 4.69) is 0 Å². The molecule has 5 nitrogen and oxygen atoms in total. The van der Waals surface area contributed by atoms with E-state index in [1.807, 2.05) is 34.6 Å². The number of rotatable bonds is 1. The standard InChI is InChI=1S/C18H25FN2O3/c1-12-10-20(17(23)24-18(3,4)5)11-13(2)21(12)16(22)14-6-8-15(19)9-7-14/h6-9,12-13H,10-11H2,1-5H3. The maximum Gasteiger partial charge on any atom is 0.410 e. The van der Waals surface area contributed by atoms with Crippen LogP contribution >= 0.6 is 0 Å². The molecule has 2 amide bonds. The largest absolute Gasteiger partial charge is 0.444 e. The summed E-state index contributed by atoms with van der Waals surface area (Å²) in [6.07, 6.45) is -0.366. The summed E-state index contributed by atoms with van der Waals surface area (Å²) >= 11 is 0. The molecule has 6 heteroatoms. The molecular formula is C18H25FN2O3. The summed E-state index contributed by atoms with van der Waals surface area (Å²) in [4.78, 5) is 28.3. The summed E-state index contributed by atoms with van der Waals surface area (Å²) in [7, 11) is 0. The van der Waals surface area contributed by atoms with Crippen LogP contribution < -0.4 is 0 Å². The molecule has 0 aliphatic carbocycles. The van der Waals surface area contributed by atoms with E-state index >= 15 is 0 Å². The average Bonchev–Trinajstić information content (AvgIpc) is 2.45. The summed E-state index contributed by atoms with van der Waals surface area (Å²) in [6, 6.07) is 5.21. The van der Waals surface area contributed by atoms with E-state index in [4.69, 9.17) is 4.74 Å². The minimum absolute atomic E-state index is 0.154. The van der Waals surface area contributed by atoms with Crippen LogP contribution in [0.25, 0.3) is 0 Å². The first kappa shape index (κ1) is 18.2. The third-order valence-electron chi connectivity index (χ3n) is 3.90. The molecule has 1 aromatic carbocycles. The molecule has 1 aromatic rings. The lowest BCUT2D eigenvalue weighted by atomic mass is 10.1. The van der Waals surface area contributed by atoms with Crippen molar-refractivity contribution in [3.05, 3.63) is 35.6 Å². The van der Waals surface area contributed by atoms with Gasteiger partial charge in [0.25, 0.3) is 5.91 Å². The van der Waals surface area contributed by atoms with Gasteiger partial charge in [-0.1, -0.05) is 0 Å². The zero-order chi connectivity index (χ0) is 18.1. The van der Waals surface area contributed by atoms with Crippen LogP contribution in [0.5, 0.6) is 0 Å². The van der Waals surface area contributed by atoms with Gasteiger partial charge < -0.3 is 14.5 Å². The van der Waals surface area contributed by atoms with Crippen LogP contribution in [0.3, 0.4) is 0 Å². The van der Waals surface area contributed by atoms with E-state index in [9.17, 15) is 14.0 Å². The van der Waals surface area contributed by atoms with Crippen molar-refractivity contribution in [1.82, 2.24) is 9.80 Å². The highest BCUT2D eigenvalue weighted by molar-refractivity contribution is 5.94. The quantitative estimate of drug-likeness (QED) is 0.791. The van der Waals surface area contributed by atoms with Crippen molar-refractivity contribution < 1.29 is 18.7 Å².